The van der Waals surface area contributed by atoms with Crippen LogP contribution in [0.15, 0.2) is 6.20 Å². The normalized spacial score (nSPS) is 22.6. The Morgan fingerprint density at radius 2 is 2.10 bits per heavy atom. The summed E-state index contributed by atoms with van der Waals surface area (Å²) in [7, 11) is 0. The zero-order valence-corrected chi connectivity index (χ0v) is 12.5. The van der Waals surface area contributed by atoms with Crippen LogP contribution >= 0.6 is 0 Å². The van der Waals surface area contributed by atoms with Crippen LogP contribution in [-0.4, -0.2) is 22.6 Å². The van der Waals surface area contributed by atoms with E-state index in [1.807, 2.05) is 0 Å². The fraction of sp³-hybridized carbons (Fsp3) is 0.733. The first-order valence-electron chi connectivity index (χ1n) is 7.77. The Labute approximate surface area is 120 Å². The average molecular weight is 280 g/mol. The van der Waals surface area contributed by atoms with Crippen LogP contribution in [0.4, 0.5) is 16.2 Å². The minimum atomic E-state index is -0.368. The van der Waals surface area contributed by atoms with Gasteiger partial charge >= 0.3 is 0 Å². The molecular formula is C15H25FN4. The van der Waals surface area contributed by atoms with Crippen LogP contribution in [0.3, 0.4) is 0 Å². The van der Waals surface area contributed by atoms with Gasteiger partial charge in [0.1, 0.15) is 0 Å². The van der Waals surface area contributed by atoms with Crippen molar-refractivity contribution < 1.29 is 4.39 Å². The second-order valence-electron chi connectivity index (χ2n) is 5.52. The second kappa shape index (κ2) is 7.41. The number of rotatable bonds is 6. The zero-order valence-electron chi connectivity index (χ0n) is 12.5. The first-order chi connectivity index (χ1) is 9.74. The Morgan fingerprint density at radius 1 is 1.30 bits per heavy atom. The van der Waals surface area contributed by atoms with Crippen molar-refractivity contribution in [2.45, 2.75) is 58.4 Å². The van der Waals surface area contributed by atoms with Crippen LogP contribution in [-0.2, 0) is 0 Å². The number of anilines is 2. The van der Waals surface area contributed by atoms with Gasteiger partial charge in [-0.3, -0.25) is 0 Å². The third-order valence-electron chi connectivity index (χ3n) is 4.03. The van der Waals surface area contributed by atoms with E-state index in [0.717, 1.165) is 25.8 Å². The minimum Gasteiger partial charge on any atom is -0.364 e. The van der Waals surface area contributed by atoms with E-state index in [9.17, 15) is 4.39 Å². The van der Waals surface area contributed by atoms with Gasteiger partial charge in [-0.25, -0.2) is 9.37 Å². The van der Waals surface area contributed by atoms with Crippen molar-refractivity contribution >= 4 is 11.8 Å². The highest BCUT2D eigenvalue weighted by atomic mass is 19.1. The molecule has 2 N–H and O–H groups in total. The quantitative estimate of drug-likeness (QED) is 0.831. The molecule has 1 saturated carbocycles. The van der Waals surface area contributed by atoms with Gasteiger partial charge in [-0.05, 0) is 25.2 Å². The summed E-state index contributed by atoms with van der Waals surface area (Å²) in [6, 6.07) is 0.331. The van der Waals surface area contributed by atoms with E-state index in [2.05, 4.69) is 34.4 Å². The number of halogens is 1. The highest BCUT2D eigenvalue weighted by Crippen LogP contribution is 2.29. The summed E-state index contributed by atoms with van der Waals surface area (Å²) < 4.78 is 13.9. The predicted molar refractivity (Wildman–Crippen MR) is 80.4 cm³/mol. The number of nitrogens with zero attached hydrogens (tertiary/aromatic N) is 2. The molecule has 1 aliphatic carbocycles. The average Bonchev–Trinajstić information content (AvgIpc) is 2.48. The number of nitrogens with one attached hydrogen (secondary N) is 2. The molecule has 2 rings (SSSR count). The molecule has 1 heterocycles. The molecule has 0 spiro atoms. The highest BCUT2D eigenvalue weighted by Gasteiger charge is 2.24. The largest absolute Gasteiger partial charge is 0.364 e. The van der Waals surface area contributed by atoms with Crippen LogP contribution in [0.1, 0.15) is 52.4 Å². The summed E-state index contributed by atoms with van der Waals surface area (Å²) in [5.74, 6) is 1.08. The lowest BCUT2D eigenvalue weighted by Crippen LogP contribution is -2.32. The maximum absolute atomic E-state index is 13.9. The zero-order chi connectivity index (χ0) is 14.4. The Kier molecular flexibility index (Phi) is 5.56. The Hall–Kier alpha value is -1.39. The van der Waals surface area contributed by atoms with Crippen LogP contribution in [0.2, 0.25) is 0 Å². The smallest absolute Gasteiger partial charge is 0.224 e. The van der Waals surface area contributed by atoms with Crippen molar-refractivity contribution in [1.82, 2.24) is 9.97 Å². The number of aromatic nitrogens is 2. The maximum Gasteiger partial charge on any atom is 0.224 e. The fourth-order valence-corrected chi connectivity index (χ4v) is 2.85. The molecule has 1 aromatic rings. The molecule has 1 aromatic heterocycles. The SMILES string of the molecule is CCCNc1ncc(F)c(NC2CCCCC2CC)n1. The van der Waals surface area contributed by atoms with Crippen molar-refractivity contribution in [3.8, 4) is 0 Å². The predicted octanol–water partition coefficient (Wildman–Crippen LogP) is 3.82. The van der Waals surface area contributed by atoms with Gasteiger partial charge in [-0.1, -0.05) is 33.1 Å². The molecule has 0 aromatic carbocycles. The van der Waals surface area contributed by atoms with E-state index in [1.165, 1.54) is 25.5 Å². The summed E-state index contributed by atoms with van der Waals surface area (Å²) in [6.07, 6.45) is 8.18. The summed E-state index contributed by atoms with van der Waals surface area (Å²) in [5, 5.41) is 6.40. The van der Waals surface area contributed by atoms with E-state index < -0.39 is 0 Å². The van der Waals surface area contributed by atoms with Gasteiger partial charge in [0.2, 0.25) is 5.95 Å². The third kappa shape index (κ3) is 3.81. The molecule has 20 heavy (non-hydrogen) atoms. The van der Waals surface area contributed by atoms with E-state index in [4.69, 9.17) is 0 Å². The molecule has 0 aliphatic heterocycles. The Morgan fingerprint density at radius 3 is 2.85 bits per heavy atom. The van der Waals surface area contributed by atoms with Crippen LogP contribution in [0, 0.1) is 11.7 Å². The van der Waals surface area contributed by atoms with Gasteiger partial charge in [-0.15, -0.1) is 0 Å². The van der Waals surface area contributed by atoms with Crippen molar-refractivity contribution in [2.75, 3.05) is 17.2 Å². The minimum absolute atomic E-state index is 0.331. The lowest BCUT2D eigenvalue weighted by atomic mass is 9.83. The summed E-state index contributed by atoms with van der Waals surface area (Å²) in [6.45, 7) is 5.07. The van der Waals surface area contributed by atoms with Gasteiger partial charge in [0.05, 0.1) is 6.20 Å². The van der Waals surface area contributed by atoms with Crippen molar-refractivity contribution in [3.63, 3.8) is 0 Å². The third-order valence-corrected chi connectivity index (χ3v) is 4.03. The van der Waals surface area contributed by atoms with Crippen LogP contribution in [0.5, 0.6) is 0 Å². The molecule has 1 aliphatic rings. The molecule has 0 bridgehead atoms. The van der Waals surface area contributed by atoms with E-state index >= 15 is 0 Å². The van der Waals surface area contributed by atoms with Gasteiger partial charge in [0.25, 0.3) is 0 Å². The topological polar surface area (TPSA) is 49.8 Å². The standard InChI is InChI=1S/C15H25FN4/c1-3-9-17-15-18-10-12(16)14(20-15)19-13-8-6-5-7-11(13)4-2/h10-11,13H,3-9H2,1-2H3,(H2,17,18,19,20). The maximum atomic E-state index is 13.9. The molecule has 112 valence electrons. The Balaban J connectivity index is 2.06. The lowest BCUT2D eigenvalue weighted by molar-refractivity contribution is 0.316. The van der Waals surface area contributed by atoms with Crippen molar-refractivity contribution in [1.29, 1.82) is 0 Å². The highest BCUT2D eigenvalue weighted by molar-refractivity contribution is 5.42. The fourth-order valence-electron chi connectivity index (χ4n) is 2.85. The molecule has 0 amide bonds. The molecule has 0 saturated heterocycles. The molecular weight excluding hydrogens is 255 g/mol. The summed E-state index contributed by atoms with van der Waals surface area (Å²) in [5.41, 5.74) is 0. The molecule has 4 nitrogen and oxygen atoms in total. The van der Waals surface area contributed by atoms with Crippen LogP contribution < -0.4 is 10.6 Å². The van der Waals surface area contributed by atoms with Crippen LogP contribution in [0.25, 0.3) is 0 Å². The number of hydrogen-bond acceptors (Lipinski definition) is 4. The van der Waals surface area contributed by atoms with E-state index in [-0.39, 0.29) is 5.82 Å². The Bertz CT molecular complexity index is 424. The number of hydrogen-bond donors (Lipinski definition) is 2. The summed E-state index contributed by atoms with van der Waals surface area (Å²) in [4.78, 5) is 8.24. The van der Waals surface area contributed by atoms with Gasteiger partial charge in [0, 0.05) is 12.6 Å². The molecule has 2 atom stereocenters. The molecule has 0 radical (unpaired) electrons. The molecule has 2 unspecified atom stereocenters. The van der Waals surface area contributed by atoms with Crippen molar-refractivity contribution in [2.24, 2.45) is 5.92 Å². The van der Waals surface area contributed by atoms with Gasteiger partial charge in [-0.2, -0.15) is 4.98 Å². The summed E-state index contributed by atoms with van der Waals surface area (Å²) >= 11 is 0. The lowest BCUT2D eigenvalue weighted by Gasteiger charge is -2.32. The van der Waals surface area contributed by atoms with Gasteiger partial charge in [0.15, 0.2) is 11.6 Å². The van der Waals surface area contributed by atoms with E-state index in [1.54, 1.807) is 0 Å². The first-order valence-corrected chi connectivity index (χ1v) is 7.77. The molecule has 1 fully saturated rings. The second-order valence-corrected chi connectivity index (χ2v) is 5.52. The van der Waals surface area contributed by atoms with Crippen molar-refractivity contribution in [3.05, 3.63) is 12.0 Å². The van der Waals surface area contributed by atoms with Gasteiger partial charge < -0.3 is 10.6 Å². The monoisotopic (exact) mass is 280 g/mol. The van der Waals surface area contributed by atoms with E-state index in [0.29, 0.717) is 23.7 Å². The molecule has 5 heteroatoms. The first kappa shape index (κ1) is 15.0.